The monoisotopic (exact) mass is 864 g/mol. The first-order valence-corrected chi connectivity index (χ1v) is 23.4. The molecule has 0 amide bonds. The smallest absolute Gasteiger partial charge is 0.0620 e. The number of hydrogen-bond donors (Lipinski definition) is 0. The lowest BCUT2D eigenvalue weighted by Gasteiger charge is -2.31. The first-order chi connectivity index (χ1) is 33.8. The minimum absolute atomic E-state index is 1.07. The highest BCUT2D eigenvalue weighted by Crippen LogP contribution is 2.49. The Hall–Kier alpha value is -8.98. The van der Waals surface area contributed by atoms with E-state index in [-0.39, 0.29) is 0 Å². The third-order valence-corrected chi connectivity index (χ3v) is 13.8. The van der Waals surface area contributed by atoms with Gasteiger partial charge in [0.15, 0.2) is 0 Å². The predicted molar refractivity (Wildman–Crippen MR) is 290 cm³/mol. The Kier molecular flexibility index (Phi) is 9.54. The van der Waals surface area contributed by atoms with Crippen molar-refractivity contribution in [2.75, 3.05) is 4.90 Å². The predicted octanol–water partition coefficient (Wildman–Crippen LogP) is 18.4. The van der Waals surface area contributed by atoms with E-state index < -0.39 is 0 Å². The molecule has 2 nitrogen and oxygen atoms in total. The van der Waals surface area contributed by atoms with E-state index in [0.717, 1.165) is 45.0 Å². The molecule has 0 N–H and O–H groups in total. The zero-order chi connectivity index (χ0) is 45.0. The summed E-state index contributed by atoms with van der Waals surface area (Å²) in [6.45, 7) is 0. The van der Waals surface area contributed by atoms with Crippen LogP contribution in [0.5, 0.6) is 0 Å². The van der Waals surface area contributed by atoms with Crippen molar-refractivity contribution in [3.63, 3.8) is 0 Å². The summed E-state index contributed by atoms with van der Waals surface area (Å²) in [5.74, 6) is 0. The van der Waals surface area contributed by atoms with E-state index in [0.29, 0.717) is 0 Å². The van der Waals surface area contributed by atoms with E-state index in [2.05, 4.69) is 276 Å². The summed E-state index contributed by atoms with van der Waals surface area (Å²) < 4.78 is 2.45. The molecule has 0 saturated carbocycles. The molecular weight excluding hydrogens is 821 g/mol. The van der Waals surface area contributed by atoms with Crippen molar-refractivity contribution in [1.29, 1.82) is 0 Å². The quantitative estimate of drug-likeness (QED) is 0.138. The van der Waals surface area contributed by atoms with Crippen LogP contribution >= 0.6 is 0 Å². The molecule has 0 atom stereocenters. The van der Waals surface area contributed by atoms with Gasteiger partial charge in [0.25, 0.3) is 0 Å². The van der Waals surface area contributed by atoms with Crippen LogP contribution in [-0.2, 0) is 0 Å². The number of nitrogens with zero attached hydrogens (tertiary/aromatic N) is 2. The van der Waals surface area contributed by atoms with E-state index in [1.807, 2.05) is 0 Å². The number of hydrogen-bond acceptors (Lipinski definition) is 1. The van der Waals surface area contributed by atoms with Gasteiger partial charge in [0, 0.05) is 38.8 Å². The van der Waals surface area contributed by atoms with Gasteiger partial charge in [-0.2, -0.15) is 0 Å². The van der Waals surface area contributed by atoms with E-state index in [1.165, 1.54) is 76.4 Å². The van der Waals surface area contributed by atoms with Crippen molar-refractivity contribution < 1.29 is 0 Å². The van der Waals surface area contributed by atoms with Crippen LogP contribution < -0.4 is 4.90 Å². The summed E-state index contributed by atoms with van der Waals surface area (Å²) in [4.78, 5) is 2.51. The summed E-state index contributed by atoms with van der Waals surface area (Å²) in [6, 6.07) is 97.7. The van der Waals surface area contributed by atoms with Gasteiger partial charge in [-0.1, -0.05) is 224 Å². The largest absolute Gasteiger partial charge is 0.309 e. The number of benzene rings is 12. The molecule has 318 valence electrons. The topological polar surface area (TPSA) is 8.17 Å². The van der Waals surface area contributed by atoms with Gasteiger partial charge < -0.3 is 9.47 Å². The van der Waals surface area contributed by atoms with E-state index in [4.69, 9.17) is 0 Å². The molecule has 68 heavy (non-hydrogen) atoms. The normalized spacial score (nSPS) is 11.5. The maximum absolute atomic E-state index is 2.51. The van der Waals surface area contributed by atoms with E-state index in [9.17, 15) is 0 Å². The van der Waals surface area contributed by atoms with Gasteiger partial charge in [-0.25, -0.2) is 0 Å². The van der Waals surface area contributed by atoms with Crippen LogP contribution in [0.15, 0.2) is 267 Å². The lowest BCUT2D eigenvalue weighted by atomic mass is 9.90. The molecule has 13 rings (SSSR count). The molecule has 2 heteroatoms. The fourth-order valence-corrected chi connectivity index (χ4v) is 10.8. The van der Waals surface area contributed by atoms with Crippen LogP contribution in [0.4, 0.5) is 17.1 Å². The molecule has 0 fully saturated rings. The van der Waals surface area contributed by atoms with Crippen LogP contribution in [0.25, 0.3) is 104 Å². The highest BCUT2D eigenvalue weighted by molar-refractivity contribution is 6.16. The molecule has 1 heterocycles. The maximum atomic E-state index is 2.51. The summed E-state index contributed by atoms with van der Waals surface area (Å²) in [5.41, 5.74) is 16.1. The van der Waals surface area contributed by atoms with Crippen LogP contribution in [-0.4, -0.2) is 4.57 Å². The van der Waals surface area contributed by atoms with E-state index >= 15 is 0 Å². The molecule has 13 aromatic rings. The minimum atomic E-state index is 1.07. The minimum Gasteiger partial charge on any atom is -0.309 e. The third kappa shape index (κ3) is 6.49. The molecular formula is C66H44N2. The molecule has 12 aromatic carbocycles. The fraction of sp³-hybridized carbons (Fsp3) is 0. The molecule has 1 aromatic heterocycles. The summed E-state index contributed by atoms with van der Waals surface area (Å²) in [6.07, 6.45) is 0. The van der Waals surface area contributed by atoms with Crippen molar-refractivity contribution >= 4 is 71.2 Å². The second-order valence-electron chi connectivity index (χ2n) is 17.6. The average Bonchev–Trinajstić information content (AvgIpc) is 3.76. The zero-order valence-corrected chi connectivity index (χ0v) is 37.3. The second-order valence-corrected chi connectivity index (χ2v) is 17.6. The standard InChI is InChI=1S/C66H44N2/c1-3-20-45(21-4-1)53-34-16-23-47-24-17-36-59(65(47)53)56-30-9-12-39-62(56)67(50-28-15-25-48(44-50)52-33-18-35-54-51-29-8-7-22-46(51)42-43-55(52)54)63-40-13-10-31-57(63)60-37-19-38-61-58-32-11-14-41-64(58)68(66(60)61)49-26-5-2-6-27-49/h1-44H. The number of para-hydroxylation sites is 5. The number of aromatic nitrogens is 1. The van der Waals surface area contributed by atoms with Gasteiger partial charge in [-0.15, -0.1) is 0 Å². The van der Waals surface area contributed by atoms with Crippen molar-refractivity contribution in [2.45, 2.75) is 0 Å². The lowest BCUT2D eigenvalue weighted by Crippen LogP contribution is -2.13. The van der Waals surface area contributed by atoms with Crippen molar-refractivity contribution in [3.8, 4) is 50.2 Å². The number of rotatable bonds is 8. The zero-order valence-electron chi connectivity index (χ0n) is 37.3. The Morgan fingerprint density at radius 3 is 1.60 bits per heavy atom. The van der Waals surface area contributed by atoms with Gasteiger partial charge in [-0.3, -0.25) is 0 Å². The van der Waals surface area contributed by atoms with Gasteiger partial charge >= 0.3 is 0 Å². The molecule has 0 spiro atoms. The van der Waals surface area contributed by atoms with Crippen molar-refractivity contribution in [1.82, 2.24) is 4.57 Å². The number of anilines is 3. The molecule has 0 bridgehead atoms. The van der Waals surface area contributed by atoms with Crippen molar-refractivity contribution in [3.05, 3.63) is 267 Å². The van der Waals surface area contributed by atoms with Crippen LogP contribution in [0.1, 0.15) is 0 Å². The van der Waals surface area contributed by atoms with Crippen LogP contribution in [0, 0.1) is 0 Å². The summed E-state index contributed by atoms with van der Waals surface area (Å²) in [7, 11) is 0. The Morgan fingerprint density at radius 2 is 0.809 bits per heavy atom. The molecule has 0 aliphatic carbocycles. The molecule has 0 aliphatic rings. The molecule has 0 unspecified atom stereocenters. The number of fused-ring (bicyclic) bond motifs is 7. The lowest BCUT2D eigenvalue weighted by molar-refractivity contribution is 1.18. The second kappa shape index (κ2) is 16.5. The SMILES string of the molecule is c1ccc(-c2cccc3cccc(-c4ccccc4N(c4cccc(-c5cccc6c5ccc5ccccc56)c4)c4ccccc4-c4cccc5c6ccccc6n(-c6ccccc6)c45)c23)cc1. The van der Waals surface area contributed by atoms with Crippen LogP contribution in [0.2, 0.25) is 0 Å². The first kappa shape index (κ1) is 39.4. The van der Waals surface area contributed by atoms with Gasteiger partial charge in [0.1, 0.15) is 0 Å². The molecule has 0 aliphatic heterocycles. The highest BCUT2D eigenvalue weighted by atomic mass is 15.1. The Balaban J connectivity index is 1.09. The average molecular weight is 865 g/mol. The Labute approximate surface area is 395 Å². The Morgan fingerprint density at radius 1 is 0.279 bits per heavy atom. The maximum Gasteiger partial charge on any atom is 0.0620 e. The molecule has 0 saturated heterocycles. The van der Waals surface area contributed by atoms with Gasteiger partial charge in [0.05, 0.1) is 22.4 Å². The molecule has 0 radical (unpaired) electrons. The third-order valence-electron chi connectivity index (χ3n) is 13.8. The summed E-state index contributed by atoms with van der Waals surface area (Å²) >= 11 is 0. The van der Waals surface area contributed by atoms with Crippen LogP contribution in [0.3, 0.4) is 0 Å². The fourth-order valence-electron chi connectivity index (χ4n) is 10.8. The van der Waals surface area contributed by atoms with E-state index in [1.54, 1.807) is 0 Å². The van der Waals surface area contributed by atoms with Gasteiger partial charge in [-0.05, 0) is 103 Å². The van der Waals surface area contributed by atoms with Crippen molar-refractivity contribution in [2.24, 2.45) is 0 Å². The highest BCUT2D eigenvalue weighted by Gasteiger charge is 2.25. The van der Waals surface area contributed by atoms with Gasteiger partial charge in [0.2, 0.25) is 0 Å². The Bertz CT molecular complexity index is 4030. The summed E-state index contributed by atoms with van der Waals surface area (Å²) in [5, 5.41) is 9.89. The first-order valence-electron chi connectivity index (χ1n) is 23.4.